The van der Waals surface area contributed by atoms with Gasteiger partial charge in [0.05, 0.1) is 17.0 Å². The first kappa shape index (κ1) is 19.0. The molecule has 4 nitrogen and oxygen atoms in total. The summed E-state index contributed by atoms with van der Waals surface area (Å²) in [6.07, 6.45) is 1.85. The predicted octanol–water partition coefficient (Wildman–Crippen LogP) is 5.73. The minimum atomic E-state index is -0.132. The Hall–Kier alpha value is -3.37. The van der Waals surface area contributed by atoms with Crippen LogP contribution in [0.1, 0.15) is 18.1 Å². The Labute approximate surface area is 174 Å². The number of halogens is 1. The zero-order valence-corrected chi connectivity index (χ0v) is 16.6. The van der Waals surface area contributed by atoms with Crippen LogP contribution in [-0.2, 0) is 11.4 Å². The van der Waals surface area contributed by atoms with Crippen molar-refractivity contribution < 1.29 is 9.53 Å². The molecule has 0 saturated carbocycles. The SMILES string of the molecule is CC1=NN(c2ccccc2)C(=O)/C1=C\c1ccc(OCc2ccccc2Cl)cc1. The number of rotatable bonds is 5. The Morgan fingerprint density at radius 3 is 2.38 bits per heavy atom. The fourth-order valence-corrected chi connectivity index (χ4v) is 3.22. The first-order chi connectivity index (χ1) is 14.1. The molecule has 0 radical (unpaired) electrons. The van der Waals surface area contributed by atoms with Crippen LogP contribution >= 0.6 is 11.6 Å². The van der Waals surface area contributed by atoms with Crippen molar-refractivity contribution in [3.05, 3.63) is 101 Å². The summed E-state index contributed by atoms with van der Waals surface area (Å²) >= 11 is 6.16. The summed E-state index contributed by atoms with van der Waals surface area (Å²) < 4.78 is 5.81. The minimum absolute atomic E-state index is 0.132. The lowest BCUT2D eigenvalue weighted by Gasteiger charge is -2.11. The standard InChI is InChI=1S/C24H19ClN2O2/c1-17-22(24(28)27(26-17)20-8-3-2-4-9-20)15-18-11-13-21(14-12-18)29-16-19-7-5-6-10-23(19)25/h2-15H,16H2,1H3/b22-15-. The zero-order chi connectivity index (χ0) is 20.2. The number of hydrogen-bond acceptors (Lipinski definition) is 3. The van der Waals surface area contributed by atoms with Gasteiger partial charge in [-0.1, -0.05) is 60.1 Å². The third-order valence-corrected chi connectivity index (χ3v) is 4.98. The summed E-state index contributed by atoms with van der Waals surface area (Å²) in [5, 5.41) is 6.52. The van der Waals surface area contributed by atoms with Gasteiger partial charge in [0.25, 0.3) is 5.91 Å². The summed E-state index contributed by atoms with van der Waals surface area (Å²) in [6, 6.07) is 24.6. The van der Waals surface area contributed by atoms with Gasteiger partial charge < -0.3 is 4.74 Å². The maximum Gasteiger partial charge on any atom is 0.280 e. The van der Waals surface area contributed by atoms with E-state index in [9.17, 15) is 4.79 Å². The summed E-state index contributed by atoms with van der Waals surface area (Å²) in [5.41, 5.74) is 3.87. The number of amides is 1. The van der Waals surface area contributed by atoms with Gasteiger partial charge in [-0.25, -0.2) is 0 Å². The number of hydrogen-bond donors (Lipinski definition) is 0. The van der Waals surface area contributed by atoms with Gasteiger partial charge in [-0.2, -0.15) is 10.1 Å². The lowest BCUT2D eigenvalue weighted by Crippen LogP contribution is -2.21. The highest BCUT2D eigenvalue weighted by atomic mass is 35.5. The van der Waals surface area contributed by atoms with E-state index in [0.717, 1.165) is 22.6 Å². The molecule has 0 aliphatic carbocycles. The Morgan fingerprint density at radius 1 is 0.966 bits per heavy atom. The van der Waals surface area contributed by atoms with Gasteiger partial charge in [0.2, 0.25) is 0 Å². The number of carbonyl (C=O) groups is 1. The molecule has 0 bridgehead atoms. The molecular weight excluding hydrogens is 384 g/mol. The molecule has 0 N–H and O–H groups in total. The lowest BCUT2D eigenvalue weighted by molar-refractivity contribution is -0.114. The van der Waals surface area contributed by atoms with Gasteiger partial charge in [0.1, 0.15) is 12.4 Å². The van der Waals surface area contributed by atoms with Crippen LogP contribution in [-0.4, -0.2) is 11.6 Å². The van der Waals surface area contributed by atoms with Crippen LogP contribution in [0.3, 0.4) is 0 Å². The molecule has 0 fully saturated rings. The molecular formula is C24H19ClN2O2. The van der Waals surface area contributed by atoms with Crippen molar-refractivity contribution in [2.24, 2.45) is 5.10 Å². The average Bonchev–Trinajstić information content (AvgIpc) is 3.03. The first-order valence-electron chi connectivity index (χ1n) is 9.25. The first-order valence-corrected chi connectivity index (χ1v) is 9.62. The maximum absolute atomic E-state index is 12.8. The van der Waals surface area contributed by atoms with Gasteiger partial charge in [-0.05, 0) is 48.9 Å². The van der Waals surface area contributed by atoms with Crippen LogP contribution in [0.25, 0.3) is 6.08 Å². The largest absolute Gasteiger partial charge is 0.489 e. The normalized spacial score (nSPS) is 15.0. The van der Waals surface area contributed by atoms with E-state index in [1.54, 1.807) is 0 Å². The number of nitrogens with zero attached hydrogens (tertiary/aromatic N) is 2. The van der Waals surface area contributed by atoms with Crippen molar-refractivity contribution in [3.8, 4) is 5.75 Å². The molecule has 4 rings (SSSR count). The van der Waals surface area contributed by atoms with Gasteiger partial charge >= 0.3 is 0 Å². The minimum Gasteiger partial charge on any atom is -0.489 e. The van der Waals surface area contributed by atoms with Crippen LogP contribution in [0.4, 0.5) is 5.69 Å². The second-order valence-electron chi connectivity index (χ2n) is 6.65. The van der Waals surface area contributed by atoms with Crippen molar-refractivity contribution in [1.29, 1.82) is 0 Å². The summed E-state index contributed by atoms with van der Waals surface area (Å²) in [6.45, 7) is 2.24. The average molecular weight is 403 g/mol. The lowest BCUT2D eigenvalue weighted by atomic mass is 10.1. The number of benzene rings is 3. The van der Waals surface area contributed by atoms with Crippen molar-refractivity contribution in [1.82, 2.24) is 0 Å². The Balaban J connectivity index is 1.47. The van der Waals surface area contributed by atoms with Gasteiger partial charge in [0, 0.05) is 10.6 Å². The number of carbonyl (C=O) groups excluding carboxylic acids is 1. The van der Waals surface area contributed by atoms with Crippen LogP contribution in [0.2, 0.25) is 5.02 Å². The van der Waals surface area contributed by atoms with E-state index in [1.165, 1.54) is 5.01 Å². The maximum atomic E-state index is 12.8. The van der Waals surface area contributed by atoms with Crippen LogP contribution < -0.4 is 9.75 Å². The second kappa shape index (κ2) is 8.33. The molecule has 144 valence electrons. The van der Waals surface area contributed by atoms with Crippen LogP contribution in [0.5, 0.6) is 5.75 Å². The number of para-hydroxylation sites is 1. The molecule has 0 aromatic heterocycles. The quantitative estimate of drug-likeness (QED) is 0.512. The van der Waals surface area contributed by atoms with E-state index >= 15 is 0 Å². The molecule has 3 aromatic rings. The molecule has 29 heavy (non-hydrogen) atoms. The molecule has 5 heteroatoms. The van der Waals surface area contributed by atoms with E-state index in [0.29, 0.717) is 22.9 Å². The number of ether oxygens (including phenoxy) is 1. The van der Waals surface area contributed by atoms with Crippen LogP contribution in [0, 0.1) is 0 Å². The Bertz CT molecular complexity index is 1090. The zero-order valence-electron chi connectivity index (χ0n) is 15.9. The molecule has 3 aromatic carbocycles. The highest BCUT2D eigenvalue weighted by molar-refractivity contribution is 6.32. The topological polar surface area (TPSA) is 41.9 Å². The fourth-order valence-electron chi connectivity index (χ4n) is 3.03. The van der Waals surface area contributed by atoms with E-state index < -0.39 is 0 Å². The van der Waals surface area contributed by atoms with E-state index in [4.69, 9.17) is 16.3 Å². The molecule has 0 unspecified atom stereocenters. The van der Waals surface area contributed by atoms with Gasteiger partial charge in [-0.3, -0.25) is 4.79 Å². The fraction of sp³-hybridized carbons (Fsp3) is 0.0833. The summed E-state index contributed by atoms with van der Waals surface area (Å²) in [4.78, 5) is 12.8. The van der Waals surface area contributed by atoms with E-state index in [-0.39, 0.29) is 5.91 Å². The molecule has 1 aliphatic rings. The van der Waals surface area contributed by atoms with Gasteiger partial charge in [0.15, 0.2) is 0 Å². The Kier molecular flexibility index (Phi) is 5.45. The molecule has 0 saturated heterocycles. The monoisotopic (exact) mass is 402 g/mol. The van der Waals surface area contributed by atoms with Crippen molar-refractivity contribution in [3.63, 3.8) is 0 Å². The molecule has 1 aliphatic heterocycles. The summed E-state index contributed by atoms with van der Waals surface area (Å²) in [5.74, 6) is 0.605. The molecule has 1 heterocycles. The van der Waals surface area contributed by atoms with E-state index in [1.807, 2.05) is 91.9 Å². The molecule has 1 amide bonds. The van der Waals surface area contributed by atoms with Crippen LogP contribution in [0.15, 0.2) is 89.5 Å². The molecule has 0 spiro atoms. The number of hydrazone groups is 1. The highest BCUT2D eigenvalue weighted by Gasteiger charge is 2.28. The third-order valence-electron chi connectivity index (χ3n) is 4.61. The smallest absolute Gasteiger partial charge is 0.280 e. The second-order valence-corrected chi connectivity index (χ2v) is 7.05. The van der Waals surface area contributed by atoms with Crippen molar-refractivity contribution in [2.45, 2.75) is 13.5 Å². The highest BCUT2D eigenvalue weighted by Crippen LogP contribution is 2.25. The Morgan fingerprint density at radius 2 is 1.66 bits per heavy atom. The predicted molar refractivity (Wildman–Crippen MR) is 117 cm³/mol. The van der Waals surface area contributed by atoms with E-state index in [2.05, 4.69) is 5.10 Å². The van der Waals surface area contributed by atoms with Crippen molar-refractivity contribution >= 4 is 35.0 Å². The summed E-state index contributed by atoms with van der Waals surface area (Å²) in [7, 11) is 0. The van der Waals surface area contributed by atoms with Crippen molar-refractivity contribution in [2.75, 3.05) is 5.01 Å². The van der Waals surface area contributed by atoms with Gasteiger partial charge in [-0.15, -0.1) is 0 Å². The third kappa shape index (κ3) is 4.23. The number of anilines is 1. The molecule has 0 atom stereocenters.